The smallest absolute Gasteiger partial charge is 0.379 e. The maximum absolute atomic E-state index is 14.6. The summed E-state index contributed by atoms with van der Waals surface area (Å²) >= 11 is 1.38. The number of para-hydroxylation sites is 2. The number of benzene rings is 2. The average molecular weight is 465 g/mol. The molecular formula is C21H19F4N5OS. The summed E-state index contributed by atoms with van der Waals surface area (Å²) in [6.07, 6.45) is -4.18. The highest BCUT2D eigenvalue weighted by Crippen LogP contribution is 2.37. The number of anilines is 1. The number of halogens is 4. The molecule has 32 heavy (non-hydrogen) atoms. The second kappa shape index (κ2) is 8.12. The molecule has 4 rings (SSSR count). The Kier molecular flexibility index (Phi) is 5.61. The van der Waals surface area contributed by atoms with E-state index in [1.165, 1.54) is 42.1 Å². The normalized spacial score (nSPS) is 19.1. The zero-order valence-corrected chi connectivity index (χ0v) is 17.7. The number of aliphatic imine (C=N–C) groups is 1. The van der Waals surface area contributed by atoms with Gasteiger partial charge in [0.05, 0.1) is 16.6 Å². The van der Waals surface area contributed by atoms with Crippen LogP contribution in [0.4, 0.5) is 23.2 Å². The number of thioether (sulfide) groups is 1. The Morgan fingerprint density at radius 1 is 1.28 bits per heavy atom. The van der Waals surface area contributed by atoms with Gasteiger partial charge in [-0.1, -0.05) is 23.9 Å². The third-order valence-electron chi connectivity index (χ3n) is 5.24. The number of aromatic nitrogens is 2. The summed E-state index contributed by atoms with van der Waals surface area (Å²) in [6, 6.07) is 10.0. The zero-order chi connectivity index (χ0) is 23.1. The molecule has 1 atom stereocenters. The predicted octanol–water partition coefficient (Wildman–Crippen LogP) is 4.50. The van der Waals surface area contributed by atoms with E-state index >= 15 is 0 Å². The van der Waals surface area contributed by atoms with Gasteiger partial charge in [-0.05, 0) is 43.7 Å². The maximum Gasteiger partial charge on any atom is 0.449 e. The standard InChI is InChI=1S/C21H19F4N5OS/c1-20(8-9-32-19(26)29-20)13-10-12(6-7-14(13)22)27-17(31)11-30-16-5-3-2-4-15(16)28-18(30)21(23,24)25/h2-7,10H,8-9,11H2,1H3,(H2,26,29)(H,27,31). The third kappa shape index (κ3) is 4.29. The number of hydrogen-bond acceptors (Lipinski definition) is 5. The van der Waals surface area contributed by atoms with E-state index in [0.717, 1.165) is 4.57 Å². The Balaban J connectivity index is 1.62. The van der Waals surface area contributed by atoms with E-state index in [1.54, 1.807) is 19.1 Å². The van der Waals surface area contributed by atoms with Crippen LogP contribution in [0, 0.1) is 5.82 Å². The van der Waals surface area contributed by atoms with Crippen LogP contribution in [0.15, 0.2) is 47.5 Å². The van der Waals surface area contributed by atoms with Gasteiger partial charge in [0.15, 0.2) is 5.17 Å². The van der Waals surface area contributed by atoms with Crippen molar-refractivity contribution in [2.45, 2.75) is 31.6 Å². The van der Waals surface area contributed by atoms with E-state index in [2.05, 4.69) is 15.3 Å². The van der Waals surface area contributed by atoms with Crippen molar-refractivity contribution >= 4 is 39.6 Å². The summed E-state index contributed by atoms with van der Waals surface area (Å²) in [6.45, 7) is 1.14. The molecule has 0 saturated carbocycles. The van der Waals surface area contributed by atoms with Crippen LogP contribution in [0.2, 0.25) is 0 Å². The molecule has 3 N–H and O–H groups in total. The first-order valence-electron chi connectivity index (χ1n) is 9.67. The molecule has 2 heterocycles. The van der Waals surface area contributed by atoms with Crippen LogP contribution in [0.3, 0.4) is 0 Å². The predicted molar refractivity (Wildman–Crippen MR) is 116 cm³/mol. The number of rotatable bonds is 4. The number of amides is 1. The van der Waals surface area contributed by atoms with Crippen molar-refractivity contribution < 1.29 is 22.4 Å². The topological polar surface area (TPSA) is 85.3 Å². The Morgan fingerprint density at radius 2 is 2.03 bits per heavy atom. The molecule has 11 heteroatoms. The fraction of sp³-hybridized carbons (Fsp3) is 0.286. The number of imidazole rings is 1. The third-order valence-corrected chi connectivity index (χ3v) is 6.03. The molecule has 168 valence electrons. The van der Waals surface area contributed by atoms with Gasteiger partial charge in [0.1, 0.15) is 12.4 Å². The lowest BCUT2D eigenvalue weighted by Gasteiger charge is -2.30. The number of amidine groups is 1. The van der Waals surface area contributed by atoms with E-state index in [4.69, 9.17) is 5.73 Å². The summed E-state index contributed by atoms with van der Waals surface area (Å²) in [7, 11) is 0. The highest BCUT2D eigenvalue weighted by Gasteiger charge is 2.38. The van der Waals surface area contributed by atoms with Crippen molar-refractivity contribution in [3.8, 4) is 0 Å². The van der Waals surface area contributed by atoms with Gasteiger partial charge >= 0.3 is 6.18 Å². The summed E-state index contributed by atoms with van der Waals surface area (Å²) in [5.74, 6) is -1.71. The zero-order valence-electron chi connectivity index (χ0n) is 16.9. The van der Waals surface area contributed by atoms with Gasteiger partial charge < -0.3 is 15.6 Å². The van der Waals surface area contributed by atoms with Crippen molar-refractivity contribution in [3.63, 3.8) is 0 Å². The SMILES string of the molecule is CC1(c2cc(NC(=O)Cn3c(C(F)(F)F)nc4ccccc43)ccc2F)CCSC(N)=N1. The first-order valence-corrected chi connectivity index (χ1v) is 10.7. The minimum atomic E-state index is -4.73. The molecule has 1 aliphatic rings. The lowest BCUT2D eigenvalue weighted by molar-refractivity contribution is -0.147. The summed E-state index contributed by atoms with van der Waals surface area (Å²) in [4.78, 5) is 20.6. The molecule has 0 radical (unpaired) electrons. The molecule has 0 aliphatic carbocycles. The monoisotopic (exact) mass is 465 g/mol. The van der Waals surface area contributed by atoms with Crippen LogP contribution in [0.5, 0.6) is 0 Å². The average Bonchev–Trinajstić information content (AvgIpc) is 3.08. The fourth-order valence-corrected chi connectivity index (χ4v) is 4.67. The number of hydrogen-bond donors (Lipinski definition) is 2. The Labute approximate surface area is 184 Å². The number of fused-ring (bicyclic) bond motifs is 1. The minimum Gasteiger partial charge on any atom is -0.379 e. The van der Waals surface area contributed by atoms with Gasteiger partial charge in [0.25, 0.3) is 0 Å². The molecule has 2 aromatic carbocycles. The molecule has 0 spiro atoms. The first kappa shape index (κ1) is 22.1. The van der Waals surface area contributed by atoms with E-state index in [0.29, 0.717) is 17.3 Å². The second-order valence-electron chi connectivity index (χ2n) is 7.57. The molecule has 0 saturated heterocycles. The molecule has 1 amide bonds. The van der Waals surface area contributed by atoms with Crippen LogP contribution in [0.1, 0.15) is 24.7 Å². The quantitative estimate of drug-likeness (QED) is 0.556. The van der Waals surface area contributed by atoms with Crippen molar-refractivity contribution in [1.29, 1.82) is 0 Å². The van der Waals surface area contributed by atoms with Crippen molar-refractivity contribution in [1.82, 2.24) is 9.55 Å². The maximum atomic E-state index is 14.6. The Bertz CT molecular complexity index is 1220. The van der Waals surface area contributed by atoms with Gasteiger partial charge in [-0.3, -0.25) is 9.79 Å². The number of nitrogens with two attached hydrogens (primary N) is 1. The highest BCUT2D eigenvalue weighted by molar-refractivity contribution is 8.13. The van der Waals surface area contributed by atoms with Crippen LogP contribution < -0.4 is 11.1 Å². The van der Waals surface area contributed by atoms with E-state index < -0.39 is 35.8 Å². The second-order valence-corrected chi connectivity index (χ2v) is 8.69. The molecule has 6 nitrogen and oxygen atoms in total. The lowest BCUT2D eigenvalue weighted by Crippen LogP contribution is -2.30. The summed E-state index contributed by atoms with van der Waals surface area (Å²) in [5, 5.41) is 2.90. The van der Waals surface area contributed by atoms with Gasteiger partial charge in [-0.25, -0.2) is 9.37 Å². The molecule has 1 aromatic heterocycles. The first-order chi connectivity index (χ1) is 15.1. The van der Waals surface area contributed by atoms with Gasteiger partial charge in [0, 0.05) is 17.0 Å². The number of nitrogens with zero attached hydrogens (tertiary/aromatic N) is 3. The highest BCUT2D eigenvalue weighted by atomic mass is 32.2. The number of alkyl halides is 3. The van der Waals surface area contributed by atoms with E-state index in [9.17, 15) is 22.4 Å². The van der Waals surface area contributed by atoms with Crippen LogP contribution in [0.25, 0.3) is 11.0 Å². The van der Waals surface area contributed by atoms with Gasteiger partial charge in [-0.15, -0.1) is 0 Å². The fourth-order valence-electron chi connectivity index (χ4n) is 3.69. The van der Waals surface area contributed by atoms with Gasteiger partial charge in [-0.2, -0.15) is 13.2 Å². The largest absolute Gasteiger partial charge is 0.449 e. The Morgan fingerprint density at radius 3 is 2.75 bits per heavy atom. The van der Waals surface area contributed by atoms with Crippen LogP contribution in [-0.2, 0) is 23.1 Å². The summed E-state index contributed by atoms with van der Waals surface area (Å²) < 4.78 is 55.8. The summed E-state index contributed by atoms with van der Waals surface area (Å²) in [5.41, 5.74) is 5.73. The molecule has 1 aliphatic heterocycles. The van der Waals surface area contributed by atoms with E-state index in [-0.39, 0.29) is 22.3 Å². The molecular weight excluding hydrogens is 446 g/mol. The van der Waals surface area contributed by atoms with Crippen molar-refractivity contribution in [3.05, 3.63) is 59.7 Å². The lowest BCUT2D eigenvalue weighted by atomic mass is 9.89. The number of nitrogens with one attached hydrogen (secondary N) is 1. The Hall–Kier alpha value is -3.08. The van der Waals surface area contributed by atoms with Crippen LogP contribution >= 0.6 is 11.8 Å². The van der Waals surface area contributed by atoms with Gasteiger partial charge in [0.2, 0.25) is 11.7 Å². The minimum absolute atomic E-state index is 0.134. The number of carbonyl (C=O) groups is 1. The molecule has 0 fully saturated rings. The molecule has 3 aromatic rings. The van der Waals surface area contributed by atoms with Crippen LogP contribution in [-0.4, -0.2) is 26.4 Å². The van der Waals surface area contributed by atoms with Crippen molar-refractivity contribution in [2.24, 2.45) is 10.7 Å². The number of carbonyl (C=O) groups excluding carboxylic acids is 1. The van der Waals surface area contributed by atoms with E-state index in [1.807, 2.05) is 0 Å². The molecule has 1 unspecified atom stereocenters. The van der Waals surface area contributed by atoms with Crippen molar-refractivity contribution in [2.75, 3.05) is 11.1 Å². The molecule has 0 bridgehead atoms.